The molecule has 1 atom stereocenters. The van der Waals surface area contributed by atoms with E-state index in [9.17, 15) is 14.4 Å². The summed E-state index contributed by atoms with van der Waals surface area (Å²) in [5.41, 5.74) is 0. The Labute approximate surface area is 441 Å². The molecule has 6 heteroatoms. The summed E-state index contributed by atoms with van der Waals surface area (Å²) in [6.45, 7) is 6.62. The van der Waals surface area contributed by atoms with E-state index in [2.05, 4.69) is 69.4 Å². The normalized spacial score (nSPS) is 12.3. The second kappa shape index (κ2) is 59.9. The molecule has 0 rings (SSSR count). The van der Waals surface area contributed by atoms with Crippen LogP contribution in [0.5, 0.6) is 0 Å². The third kappa shape index (κ3) is 58.1. The molecule has 414 valence electrons. The molecular formula is C65H118O6. The van der Waals surface area contributed by atoms with Crippen LogP contribution in [0.25, 0.3) is 0 Å². The van der Waals surface area contributed by atoms with Gasteiger partial charge in [0.05, 0.1) is 0 Å². The van der Waals surface area contributed by atoms with Gasteiger partial charge in [-0.05, 0) is 83.5 Å². The van der Waals surface area contributed by atoms with Crippen LogP contribution < -0.4 is 0 Å². The van der Waals surface area contributed by atoms with Crippen LogP contribution in [0.2, 0.25) is 0 Å². The summed E-state index contributed by atoms with van der Waals surface area (Å²) >= 11 is 0. The van der Waals surface area contributed by atoms with Crippen LogP contribution in [0.4, 0.5) is 0 Å². The molecule has 0 saturated heterocycles. The van der Waals surface area contributed by atoms with Crippen molar-refractivity contribution in [1.82, 2.24) is 0 Å². The van der Waals surface area contributed by atoms with Gasteiger partial charge in [-0.2, -0.15) is 0 Å². The highest BCUT2D eigenvalue weighted by atomic mass is 16.6. The first kappa shape index (κ1) is 68.4. The molecule has 0 bridgehead atoms. The maximum absolute atomic E-state index is 12.8. The minimum Gasteiger partial charge on any atom is -0.462 e. The number of hydrogen-bond acceptors (Lipinski definition) is 6. The number of esters is 3. The summed E-state index contributed by atoms with van der Waals surface area (Å²) in [6.07, 6.45) is 74.2. The SMILES string of the molecule is CCCCCC/C=C\C/C=C\CCCCCCCCCC(=O)OC(COC(=O)CCCCCCCCCC)COC(=O)CCCCCCCCCCCCCCCCC/C=C\C/C=C\CCCCCCC. The van der Waals surface area contributed by atoms with Crippen molar-refractivity contribution in [2.75, 3.05) is 13.2 Å². The average Bonchev–Trinajstić information content (AvgIpc) is 3.37. The molecule has 0 amide bonds. The zero-order valence-corrected chi connectivity index (χ0v) is 47.5. The summed E-state index contributed by atoms with van der Waals surface area (Å²) in [6, 6.07) is 0. The fourth-order valence-electron chi connectivity index (χ4n) is 9.09. The summed E-state index contributed by atoms with van der Waals surface area (Å²) in [5.74, 6) is -0.869. The van der Waals surface area contributed by atoms with Gasteiger partial charge in [-0.15, -0.1) is 0 Å². The Morgan fingerprint density at radius 2 is 0.507 bits per heavy atom. The van der Waals surface area contributed by atoms with Crippen molar-refractivity contribution in [2.45, 2.75) is 335 Å². The lowest BCUT2D eigenvalue weighted by Crippen LogP contribution is -2.30. The summed E-state index contributed by atoms with van der Waals surface area (Å²) in [4.78, 5) is 38.1. The van der Waals surface area contributed by atoms with Crippen molar-refractivity contribution < 1.29 is 28.6 Å². The Balaban J connectivity index is 4.13. The fourth-order valence-corrected chi connectivity index (χ4v) is 9.09. The van der Waals surface area contributed by atoms with Gasteiger partial charge in [-0.25, -0.2) is 0 Å². The lowest BCUT2D eigenvalue weighted by Gasteiger charge is -2.18. The molecule has 0 N–H and O–H groups in total. The quantitative estimate of drug-likeness (QED) is 0.0261. The highest BCUT2D eigenvalue weighted by Gasteiger charge is 2.19. The molecule has 0 fully saturated rings. The van der Waals surface area contributed by atoms with Crippen LogP contribution in [-0.2, 0) is 28.6 Å². The molecule has 0 aliphatic rings. The second-order valence-electron chi connectivity index (χ2n) is 21.0. The average molecular weight is 996 g/mol. The maximum Gasteiger partial charge on any atom is 0.306 e. The Hall–Kier alpha value is -2.63. The Kier molecular flexibility index (Phi) is 57.7. The third-order valence-corrected chi connectivity index (χ3v) is 13.8. The van der Waals surface area contributed by atoms with E-state index in [1.165, 1.54) is 212 Å². The molecule has 71 heavy (non-hydrogen) atoms. The van der Waals surface area contributed by atoms with E-state index in [0.29, 0.717) is 19.3 Å². The second-order valence-corrected chi connectivity index (χ2v) is 21.0. The summed E-state index contributed by atoms with van der Waals surface area (Å²) in [5, 5.41) is 0. The standard InChI is InChI=1S/C65H118O6/c1-4-7-10-13-16-19-21-23-25-27-29-30-31-32-33-34-35-36-37-39-40-42-44-46-49-52-55-58-64(67)70-61-62(60-69-63(66)57-54-51-48-18-15-12-9-6-3)71-65(68)59-56-53-50-47-45-43-41-38-28-26-24-22-20-17-14-11-8-5-2/h20-23,26-29,62H,4-19,24-25,30-61H2,1-3H3/b22-20-,23-21-,28-26-,29-27-. The number of unbranched alkanes of at least 4 members (excludes halogenated alkanes) is 38. The molecule has 0 radical (unpaired) electrons. The van der Waals surface area contributed by atoms with Crippen molar-refractivity contribution in [2.24, 2.45) is 0 Å². The number of carbonyl (C=O) groups excluding carboxylic acids is 3. The number of hydrogen-bond donors (Lipinski definition) is 0. The number of ether oxygens (including phenoxy) is 3. The van der Waals surface area contributed by atoms with Crippen LogP contribution >= 0.6 is 0 Å². The van der Waals surface area contributed by atoms with Gasteiger partial charge in [0.1, 0.15) is 13.2 Å². The molecule has 0 aromatic heterocycles. The predicted molar refractivity (Wildman–Crippen MR) is 307 cm³/mol. The van der Waals surface area contributed by atoms with Crippen molar-refractivity contribution in [3.05, 3.63) is 48.6 Å². The van der Waals surface area contributed by atoms with Crippen molar-refractivity contribution >= 4 is 17.9 Å². The van der Waals surface area contributed by atoms with E-state index in [0.717, 1.165) is 77.0 Å². The first-order chi connectivity index (χ1) is 35.0. The fraction of sp³-hybridized carbons (Fsp3) is 0.831. The molecule has 0 heterocycles. The number of carbonyl (C=O) groups is 3. The van der Waals surface area contributed by atoms with Crippen molar-refractivity contribution in [3.63, 3.8) is 0 Å². The summed E-state index contributed by atoms with van der Waals surface area (Å²) < 4.78 is 16.8. The number of allylic oxidation sites excluding steroid dienone is 8. The van der Waals surface area contributed by atoms with Gasteiger partial charge in [0.15, 0.2) is 6.10 Å². The van der Waals surface area contributed by atoms with Gasteiger partial charge >= 0.3 is 17.9 Å². The van der Waals surface area contributed by atoms with E-state index >= 15 is 0 Å². The van der Waals surface area contributed by atoms with Gasteiger partial charge < -0.3 is 14.2 Å². The van der Waals surface area contributed by atoms with E-state index in [1.807, 2.05) is 0 Å². The minimum absolute atomic E-state index is 0.0731. The van der Waals surface area contributed by atoms with Crippen LogP contribution in [0.15, 0.2) is 48.6 Å². The largest absolute Gasteiger partial charge is 0.462 e. The van der Waals surface area contributed by atoms with Gasteiger partial charge in [0.25, 0.3) is 0 Å². The van der Waals surface area contributed by atoms with Crippen LogP contribution in [0, 0.1) is 0 Å². The Morgan fingerprint density at radius 3 is 0.789 bits per heavy atom. The molecule has 1 unspecified atom stereocenters. The van der Waals surface area contributed by atoms with E-state index in [-0.39, 0.29) is 31.1 Å². The third-order valence-electron chi connectivity index (χ3n) is 13.8. The van der Waals surface area contributed by atoms with E-state index in [4.69, 9.17) is 14.2 Å². The Bertz CT molecular complexity index is 1230. The van der Waals surface area contributed by atoms with Gasteiger partial charge in [0.2, 0.25) is 0 Å². The zero-order chi connectivity index (χ0) is 51.4. The Morgan fingerprint density at radius 1 is 0.282 bits per heavy atom. The molecule has 0 spiro atoms. The smallest absolute Gasteiger partial charge is 0.306 e. The van der Waals surface area contributed by atoms with Crippen LogP contribution in [0.1, 0.15) is 329 Å². The highest BCUT2D eigenvalue weighted by molar-refractivity contribution is 5.71. The van der Waals surface area contributed by atoms with Gasteiger partial charge in [-0.3, -0.25) is 14.4 Å². The van der Waals surface area contributed by atoms with E-state index in [1.54, 1.807) is 0 Å². The lowest BCUT2D eigenvalue weighted by atomic mass is 10.0. The van der Waals surface area contributed by atoms with Gasteiger partial charge in [-0.1, -0.05) is 275 Å². The first-order valence-electron chi connectivity index (χ1n) is 31.1. The highest BCUT2D eigenvalue weighted by Crippen LogP contribution is 2.17. The molecule has 6 nitrogen and oxygen atoms in total. The topological polar surface area (TPSA) is 78.9 Å². The monoisotopic (exact) mass is 995 g/mol. The molecule has 0 aliphatic carbocycles. The molecule has 0 aromatic rings. The van der Waals surface area contributed by atoms with Crippen LogP contribution in [0.3, 0.4) is 0 Å². The minimum atomic E-state index is -0.774. The number of rotatable bonds is 57. The predicted octanol–water partition coefficient (Wildman–Crippen LogP) is 21.0. The van der Waals surface area contributed by atoms with Crippen LogP contribution in [-0.4, -0.2) is 37.2 Å². The van der Waals surface area contributed by atoms with Crippen molar-refractivity contribution in [1.29, 1.82) is 0 Å². The van der Waals surface area contributed by atoms with Gasteiger partial charge in [0, 0.05) is 19.3 Å². The molecule has 0 saturated carbocycles. The molecule has 0 aliphatic heterocycles. The first-order valence-corrected chi connectivity index (χ1v) is 31.1. The molecular weight excluding hydrogens is 877 g/mol. The molecule has 0 aromatic carbocycles. The van der Waals surface area contributed by atoms with Crippen molar-refractivity contribution in [3.8, 4) is 0 Å². The summed E-state index contributed by atoms with van der Waals surface area (Å²) in [7, 11) is 0. The maximum atomic E-state index is 12.8. The van der Waals surface area contributed by atoms with E-state index < -0.39 is 6.10 Å². The zero-order valence-electron chi connectivity index (χ0n) is 47.5. The lowest BCUT2D eigenvalue weighted by molar-refractivity contribution is -0.167.